The van der Waals surface area contributed by atoms with E-state index in [9.17, 15) is 13.2 Å². The fourth-order valence-corrected chi connectivity index (χ4v) is 5.16. The number of sulfonamides is 1. The molecule has 6 heteroatoms. The monoisotopic (exact) mass is 387 g/mol. The number of benzene rings is 2. The lowest BCUT2D eigenvalue weighted by atomic mass is 9.89. The van der Waals surface area contributed by atoms with Crippen molar-refractivity contribution in [1.82, 2.24) is 4.31 Å². The molecule has 2 aromatic rings. The molecule has 0 bridgehead atoms. The smallest absolute Gasteiger partial charge is 0.243 e. The van der Waals surface area contributed by atoms with Gasteiger partial charge in [0.25, 0.3) is 0 Å². The minimum Gasteiger partial charge on any atom is -0.497 e. The second-order valence-corrected chi connectivity index (χ2v) is 8.95. The number of piperidine rings is 1. The molecule has 0 radical (unpaired) electrons. The van der Waals surface area contributed by atoms with Crippen LogP contribution in [0, 0.1) is 19.8 Å². The number of methoxy groups -OCH3 is 1. The van der Waals surface area contributed by atoms with E-state index in [4.69, 9.17) is 4.74 Å². The molecule has 3 rings (SSSR count). The number of ether oxygens (including phenoxy) is 1. The average Bonchev–Trinajstić information content (AvgIpc) is 2.67. The van der Waals surface area contributed by atoms with Crippen LogP contribution in [-0.4, -0.2) is 38.7 Å². The summed E-state index contributed by atoms with van der Waals surface area (Å²) in [6.45, 7) is 4.47. The van der Waals surface area contributed by atoms with Crippen LogP contribution in [0.25, 0.3) is 0 Å². The maximum Gasteiger partial charge on any atom is 0.243 e. The Kier molecular flexibility index (Phi) is 5.67. The Morgan fingerprint density at radius 1 is 1.04 bits per heavy atom. The van der Waals surface area contributed by atoms with Gasteiger partial charge in [-0.25, -0.2) is 8.42 Å². The normalized spacial score (nSPS) is 16.3. The lowest BCUT2D eigenvalue weighted by molar-refractivity contribution is 0.0875. The fourth-order valence-electron chi connectivity index (χ4n) is 3.49. The Hall–Kier alpha value is -2.18. The van der Waals surface area contributed by atoms with Crippen molar-refractivity contribution in [2.75, 3.05) is 20.2 Å². The number of carbonyl (C=O) groups excluding carboxylic acids is 1. The van der Waals surface area contributed by atoms with Crippen molar-refractivity contribution in [2.45, 2.75) is 31.6 Å². The highest BCUT2D eigenvalue weighted by molar-refractivity contribution is 7.89. The van der Waals surface area contributed by atoms with Gasteiger partial charge in [-0.3, -0.25) is 4.79 Å². The SMILES string of the molecule is COc1ccc(S(=O)(=O)N2CCC(C(=O)c3ccc(C)cc3)CC2)c(C)c1. The summed E-state index contributed by atoms with van der Waals surface area (Å²) in [5.41, 5.74) is 2.47. The molecule has 27 heavy (non-hydrogen) atoms. The largest absolute Gasteiger partial charge is 0.497 e. The third-order valence-electron chi connectivity index (χ3n) is 5.16. The van der Waals surface area contributed by atoms with Gasteiger partial charge in [0.1, 0.15) is 5.75 Å². The minimum atomic E-state index is -3.57. The summed E-state index contributed by atoms with van der Waals surface area (Å²) in [4.78, 5) is 13.0. The summed E-state index contributed by atoms with van der Waals surface area (Å²) in [6, 6.07) is 12.5. The van der Waals surface area contributed by atoms with Crippen LogP contribution in [0.3, 0.4) is 0 Å². The maximum absolute atomic E-state index is 13.0. The second kappa shape index (κ2) is 7.82. The highest BCUT2D eigenvalue weighted by Gasteiger charge is 2.33. The molecule has 0 aromatic heterocycles. The molecule has 0 unspecified atom stereocenters. The second-order valence-electron chi connectivity index (χ2n) is 7.04. The molecular weight excluding hydrogens is 362 g/mol. The lowest BCUT2D eigenvalue weighted by Crippen LogP contribution is -2.40. The first kappa shape index (κ1) is 19.6. The molecule has 1 aliphatic heterocycles. The van der Waals surface area contributed by atoms with Crippen molar-refractivity contribution in [1.29, 1.82) is 0 Å². The summed E-state index contributed by atoms with van der Waals surface area (Å²) in [5.74, 6) is 0.609. The van der Waals surface area contributed by atoms with Crippen LogP contribution in [0.15, 0.2) is 47.4 Å². The van der Waals surface area contributed by atoms with Gasteiger partial charge in [0.2, 0.25) is 10.0 Å². The molecule has 1 heterocycles. The van der Waals surface area contributed by atoms with E-state index in [1.165, 1.54) is 4.31 Å². The number of ketones is 1. The van der Waals surface area contributed by atoms with E-state index in [0.717, 1.165) is 5.56 Å². The molecule has 5 nitrogen and oxygen atoms in total. The summed E-state index contributed by atoms with van der Waals surface area (Å²) >= 11 is 0. The molecule has 0 saturated carbocycles. The van der Waals surface area contributed by atoms with E-state index in [1.54, 1.807) is 32.2 Å². The van der Waals surface area contributed by atoms with Crippen LogP contribution in [-0.2, 0) is 10.0 Å². The first-order valence-corrected chi connectivity index (χ1v) is 10.5. The van der Waals surface area contributed by atoms with Crippen LogP contribution >= 0.6 is 0 Å². The van der Waals surface area contributed by atoms with Crippen molar-refractivity contribution < 1.29 is 17.9 Å². The standard InChI is InChI=1S/C21H25NO4S/c1-15-4-6-17(7-5-15)21(23)18-10-12-22(13-11-18)27(24,25)20-9-8-19(26-3)14-16(20)2/h4-9,14,18H,10-13H2,1-3H3. The van der Waals surface area contributed by atoms with Crippen LogP contribution in [0.2, 0.25) is 0 Å². The van der Waals surface area contributed by atoms with E-state index in [0.29, 0.717) is 47.7 Å². The van der Waals surface area contributed by atoms with Gasteiger partial charge in [-0.1, -0.05) is 29.8 Å². The molecule has 0 N–H and O–H groups in total. The predicted octanol–water partition coefficient (Wildman–Crippen LogP) is 3.60. The van der Waals surface area contributed by atoms with E-state index in [1.807, 2.05) is 31.2 Å². The Morgan fingerprint density at radius 2 is 1.67 bits per heavy atom. The topological polar surface area (TPSA) is 63.7 Å². The van der Waals surface area contributed by atoms with Crippen molar-refractivity contribution in [3.8, 4) is 5.75 Å². The van der Waals surface area contributed by atoms with Crippen LogP contribution < -0.4 is 4.74 Å². The quantitative estimate of drug-likeness (QED) is 0.736. The Labute approximate surface area is 161 Å². The van der Waals surface area contributed by atoms with E-state index >= 15 is 0 Å². The molecule has 2 aromatic carbocycles. The Bertz CT molecular complexity index is 927. The van der Waals surface area contributed by atoms with Crippen molar-refractivity contribution in [3.63, 3.8) is 0 Å². The molecular formula is C21H25NO4S. The van der Waals surface area contributed by atoms with Crippen LogP contribution in [0.1, 0.15) is 34.3 Å². The summed E-state index contributed by atoms with van der Waals surface area (Å²) < 4.78 is 32.6. The highest BCUT2D eigenvalue weighted by Crippen LogP contribution is 2.29. The third-order valence-corrected chi connectivity index (χ3v) is 7.22. The van der Waals surface area contributed by atoms with Gasteiger partial charge in [0, 0.05) is 24.6 Å². The van der Waals surface area contributed by atoms with Gasteiger partial charge in [0.05, 0.1) is 12.0 Å². The van der Waals surface area contributed by atoms with Crippen molar-refractivity contribution in [2.24, 2.45) is 5.92 Å². The van der Waals surface area contributed by atoms with Crippen LogP contribution in [0.5, 0.6) is 5.75 Å². The van der Waals surface area contributed by atoms with E-state index in [2.05, 4.69) is 0 Å². The maximum atomic E-state index is 13.0. The summed E-state index contributed by atoms with van der Waals surface area (Å²) in [5, 5.41) is 0. The highest BCUT2D eigenvalue weighted by atomic mass is 32.2. The van der Waals surface area contributed by atoms with E-state index in [-0.39, 0.29) is 11.7 Å². The van der Waals surface area contributed by atoms with Gasteiger partial charge >= 0.3 is 0 Å². The first-order valence-electron chi connectivity index (χ1n) is 9.08. The molecule has 0 spiro atoms. The number of rotatable bonds is 5. The Balaban J connectivity index is 1.71. The van der Waals surface area contributed by atoms with Gasteiger partial charge in [-0.2, -0.15) is 4.31 Å². The van der Waals surface area contributed by atoms with Crippen molar-refractivity contribution in [3.05, 3.63) is 59.2 Å². The number of aryl methyl sites for hydroxylation is 2. The minimum absolute atomic E-state index is 0.104. The summed E-state index contributed by atoms with van der Waals surface area (Å²) in [7, 11) is -2.02. The molecule has 0 atom stereocenters. The van der Waals surface area contributed by atoms with Gasteiger partial charge in [-0.15, -0.1) is 0 Å². The zero-order valence-corrected chi connectivity index (χ0v) is 16.8. The molecule has 1 fully saturated rings. The third kappa shape index (κ3) is 4.06. The number of nitrogens with zero attached hydrogens (tertiary/aromatic N) is 1. The van der Waals surface area contributed by atoms with Crippen molar-refractivity contribution >= 4 is 15.8 Å². The molecule has 0 aliphatic carbocycles. The molecule has 1 aliphatic rings. The van der Waals surface area contributed by atoms with E-state index < -0.39 is 10.0 Å². The zero-order chi connectivity index (χ0) is 19.6. The zero-order valence-electron chi connectivity index (χ0n) is 15.9. The number of Topliss-reactive ketones (excluding diaryl/α,β-unsaturated/α-hetero) is 1. The average molecular weight is 388 g/mol. The first-order chi connectivity index (χ1) is 12.8. The van der Waals surface area contributed by atoms with Gasteiger partial charge < -0.3 is 4.74 Å². The van der Waals surface area contributed by atoms with Gasteiger partial charge in [-0.05, 0) is 50.5 Å². The molecule has 144 valence electrons. The Morgan fingerprint density at radius 3 is 2.22 bits per heavy atom. The molecule has 1 saturated heterocycles. The lowest BCUT2D eigenvalue weighted by Gasteiger charge is -2.31. The van der Waals surface area contributed by atoms with Gasteiger partial charge in [0.15, 0.2) is 5.78 Å². The summed E-state index contributed by atoms with van der Waals surface area (Å²) in [6.07, 6.45) is 1.09. The number of hydrogen-bond donors (Lipinski definition) is 0. The predicted molar refractivity (Wildman–Crippen MR) is 105 cm³/mol. The fraction of sp³-hybridized carbons (Fsp3) is 0.381. The number of hydrogen-bond acceptors (Lipinski definition) is 4. The number of carbonyl (C=O) groups is 1. The van der Waals surface area contributed by atoms with Crippen LogP contribution in [0.4, 0.5) is 0 Å². The molecule has 0 amide bonds.